The normalized spacial score (nSPS) is 21.4. The van der Waals surface area contributed by atoms with Crippen molar-refractivity contribution in [3.05, 3.63) is 0 Å². The van der Waals surface area contributed by atoms with Crippen molar-refractivity contribution in [2.24, 2.45) is 16.3 Å². The van der Waals surface area contributed by atoms with Crippen molar-refractivity contribution in [1.29, 1.82) is 0 Å². The summed E-state index contributed by atoms with van der Waals surface area (Å²) in [6.45, 7) is 8.91. The number of carbonyl (C=O) groups is 1. The van der Waals surface area contributed by atoms with E-state index in [1.807, 2.05) is 6.92 Å². The van der Waals surface area contributed by atoms with Crippen LogP contribution in [0.2, 0.25) is 0 Å². The largest absolute Gasteiger partial charge is 0.409 e. The van der Waals surface area contributed by atoms with Crippen LogP contribution in [0.1, 0.15) is 46.5 Å². The predicted octanol–water partition coefficient (Wildman–Crippen LogP) is 1.14. The zero-order valence-corrected chi connectivity index (χ0v) is 12.9. The number of hydrogen-bond donors (Lipinski definition) is 3. The van der Waals surface area contributed by atoms with Crippen LogP contribution in [0.3, 0.4) is 0 Å². The molecular weight excluding hydrogens is 256 g/mol. The Bertz CT molecular complexity index is 351. The fourth-order valence-corrected chi connectivity index (χ4v) is 2.53. The number of likely N-dealkylation sites (tertiary alicyclic amines) is 1. The van der Waals surface area contributed by atoms with Gasteiger partial charge in [0.1, 0.15) is 5.41 Å². The number of nitrogens with zero attached hydrogens (tertiary/aromatic N) is 2. The summed E-state index contributed by atoms with van der Waals surface area (Å²) in [7, 11) is 0. The number of oxime groups is 1. The molecule has 0 aliphatic carbocycles. The monoisotopic (exact) mass is 284 g/mol. The van der Waals surface area contributed by atoms with E-state index in [0.717, 1.165) is 38.9 Å². The highest BCUT2D eigenvalue weighted by Gasteiger charge is 2.37. The first-order valence-corrected chi connectivity index (χ1v) is 7.49. The van der Waals surface area contributed by atoms with Gasteiger partial charge in [-0.3, -0.25) is 4.79 Å². The Labute approximate surface area is 121 Å². The Hall–Kier alpha value is -1.30. The van der Waals surface area contributed by atoms with Gasteiger partial charge >= 0.3 is 0 Å². The number of carbonyl (C=O) groups excluding carboxylic acids is 1. The van der Waals surface area contributed by atoms with Gasteiger partial charge in [-0.15, -0.1) is 0 Å². The highest BCUT2D eigenvalue weighted by molar-refractivity contribution is 6.06. The van der Waals surface area contributed by atoms with E-state index in [2.05, 4.69) is 22.3 Å². The Balaban J connectivity index is 2.55. The SMILES string of the molecule is CCCN1CCC(NC(=O)C(C)(CC)C(N)=NO)CC1. The molecule has 1 aliphatic rings. The predicted molar refractivity (Wildman–Crippen MR) is 79.7 cm³/mol. The quantitative estimate of drug-likeness (QED) is 0.295. The second kappa shape index (κ2) is 7.47. The molecule has 1 heterocycles. The molecule has 4 N–H and O–H groups in total. The molecule has 0 spiro atoms. The van der Waals surface area contributed by atoms with Crippen molar-refractivity contribution in [3.63, 3.8) is 0 Å². The van der Waals surface area contributed by atoms with Crippen LogP contribution in [-0.4, -0.2) is 47.5 Å². The maximum absolute atomic E-state index is 12.4. The molecule has 0 aromatic rings. The van der Waals surface area contributed by atoms with Gasteiger partial charge in [0.25, 0.3) is 0 Å². The van der Waals surface area contributed by atoms with Gasteiger partial charge < -0.3 is 21.2 Å². The maximum Gasteiger partial charge on any atom is 0.233 e. The fraction of sp³-hybridized carbons (Fsp3) is 0.857. The molecule has 116 valence electrons. The number of piperidine rings is 1. The van der Waals surface area contributed by atoms with Crippen molar-refractivity contribution in [3.8, 4) is 0 Å². The number of amidine groups is 1. The van der Waals surface area contributed by atoms with Crippen molar-refractivity contribution in [2.75, 3.05) is 19.6 Å². The van der Waals surface area contributed by atoms with Gasteiger partial charge in [-0.1, -0.05) is 19.0 Å². The van der Waals surface area contributed by atoms with E-state index in [9.17, 15) is 4.79 Å². The zero-order valence-electron chi connectivity index (χ0n) is 12.9. The third kappa shape index (κ3) is 3.85. The summed E-state index contributed by atoms with van der Waals surface area (Å²) in [4.78, 5) is 14.8. The van der Waals surface area contributed by atoms with Crippen LogP contribution in [0.25, 0.3) is 0 Å². The highest BCUT2D eigenvalue weighted by Crippen LogP contribution is 2.23. The summed E-state index contributed by atoms with van der Waals surface area (Å²) in [5.74, 6) is -0.176. The number of nitrogens with one attached hydrogen (secondary N) is 1. The summed E-state index contributed by atoms with van der Waals surface area (Å²) < 4.78 is 0. The minimum Gasteiger partial charge on any atom is -0.409 e. The highest BCUT2D eigenvalue weighted by atomic mass is 16.4. The lowest BCUT2D eigenvalue weighted by Gasteiger charge is -2.34. The molecule has 1 saturated heterocycles. The Morgan fingerprint density at radius 3 is 2.50 bits per heavy atom. The number of rotatable bonds is 6. The summed E-state index contributed by atoms with van der Waals surface area (Å²) in [5, 5.41) is 14.9. The van der Waals surface area contributed by atoms with E-state index in [-0.39, 0.29) is 17.8 Å². The van der Waals surface area contributed by atoms with E-state index in [0.29, 0.717) is 6.42 Å². The van der Waals surface area contributed by atoms with E-state index in [4.69, 9.17) is 10.9 Å². The summed E-state index contributed by atoms with van der Waals surface area (Å²) in [5.41, 5.74) is 4.73. The van der Waals surface area contributed by atoms with Gasteiger partial charge in [0, 0.05) is 19.1 Å². The molecule has 1 atom stereocenters. The van der Waals surface area contributed by atoms with Gasteiger partial charge in [-0.25, -0.2) is 0 Å². The molecule has 20 heavy (non-hydrogen) atoms. The fourth-order valence-electron chi connectivity index (χ4n) is 2.53. The van der Waals surface area contributed by atoms with Gasteiger partial charge in [0.05, 0.1) is 0 Å². The molecule has 0 radical (unpaired) electrons. The molecule has 1 fully saturated rings. The van der Waals surface area contributed by atoms with Crippen molar-refractivity contribution in [2.45, 2.75) is 52.5 Å². The third-order valence-electron chi connectivity index (χ3n) is 4.34. The lowest BCUT2D eigenvalue weighted by atomic mass is 9.84. The summed E-state index contributed by atoms with van der Waals surface area (Å²) in [6, 6.07) is 0.188. The number of hydrogen-bond acceptors (Lipinski definition) is 4. The van der Waals surface area contributed by atoms with Crippen LogP contribution in [0.5, 0.6) is 0 Å². The first-order valence-electron chi connectivity index (χ1n) is 7.49. The maximum atomic E-state index is 12.4. The topological polar surface area (TPSA) is 91.0 Å². The Morgan fingerprint density at radius 1 is 1.45 bits per heavy atom. The van der Waals surface area contributed by atoms with E-state index in [1.54, 1.807) is 6.92 Å². The van der Waals surface area contributed by atoms with E-state index in [1.165, 1.54) is 0 Å². The average Bonchev–Trinajstić information content (AvgIpc) is 2.47. The number of amides is 1. The van der Waals surface area contributed by atoms with Gasteiger partial charge in [0.2, 0.25) is 5.91 Å². The van der Waals surface area contributed by atoms with Crippen molar-refractivity contribution < 1.29 is 10.0 Å². The Kier molecular flexibility index (Phi) is 6.26. The first kappa shape index (κ1) is 16.8. The van der Waals surface area contributed by atoms with Gasteiger partial charge in [0.15, 0.2) is 5.84 Å². The third-order valence-corrected chi connectivity index (χ3v) is 4.34. The van der Waals surface area contributed by atoms with E-state index >= 15 is 0 Å². The van der Waals surface area contributed by atoms with Gasteiger partial charge in [-0.05, 0) is 39.2 Å². The minimum absolute atomic E-state index is 0.0269. The van der Waals surface area contributed by atoms with Crippen LogP contribution in [0.15, 0.2) is 5.16 Å². The molecular formula is C14H28N4O2. The molecule has 0 aromatic carbocycles. The molecule has 1 amide bonds. The lowest BCUT2D eigenvalue weighted by molar-refractivity contribution is -0.128. The molecule has 6 heteroatoms. The van der Waals surface area contributed by atoms with Crippen LogP contribution in [0, 0.1) is 5.41 Å². The van der Waals surface area contributed by atoms with E-state index < -0.39 is 5.41 Å². The molecule has 0 saturated carbocycles. The van der Waals surface area contributed by atoms with Gasteiger partial charge in [-0.2, -0.15) is 0 Å². The van der Waals surface area contributed by atoms with Crippen molar-refractivity contribution >= 4 is 11.7 Å². The van der Waals surface area contributed by atoms with Crippen molar-refractivity contribution in [1.82, 2.24) is 10.2 Å². The molecule has 1 rings (SSSR count). The molecule has 0 aromatic heterocycles. The number of nitrogens with two attached hydrogens (primary N) is 1. The smallest absolute Gasteiger partial charge is 0.233 e. The molecule has 6 nitrogen and oxygen atoms in total. The minimum atomic E-state index is -0.935. The molecule has 1 unspecified atom stereocenters. The summed E-state index contributed by atoms with van der Waals surface area (Å²) in [6.07, 6.45) is 3.58. The van der Waals surface area contributed by atoms with Crippen LogP contribution in [-0.2, 0) is 4.79 Å². The van der Waals surface area contributed by atoms with Crippen LogP contribution >= 0.6 is 0 Å². The lowest BCUT2D eigenvalue weighted by Crippen LogP contribution is -2.52. The average molecular weight is 284 g/mol. The standard InChI is InChI=1S/C14H28N4O2/c1-4-8-18-9-6-11(7-10-18)16-13(19)14(3,5-2)12(15)17-20/h11,20H,4-10H2,1-3H3,(H2,15,17)(H,16,19). The van der Waals surface area contributed by atoms with Crippen LogP contribution in [0.4, 0.5) is 0 Å². The summed E-state index contributed by atoms with van der Waals surface area (Å²) >= 11 is 0. The second-order valence-electron chi connectivity index (χ2n) is 5.76. The Morgan fingerprint density at radius 2 is 2.05 bits per heavy atom. The molecule has 1 aliphatic heterocycles. The zero-order chi connectivity index (χ0) is 15.2. The van der Waals surface area contributed by atoms with Crippen LogP contribution < -0.4 is 11.1 Å². The molecule has 0 bridgehead atoms. The second-order valence-corrected chi connectivity index (χ2v) is 5.76. The first-order chi connectivity index (χ1) is 9.47.